The largest absolute Gasteiger partial charge is 0.486 e. The lowest BCUT2D eigenvalue weighted by molar-refractivity contribution is -0.135. The van der Waals surface area contributed by atoms with Crippen molar-refractivity contribution in [1.82, 2.24) is 4.90 Å². The van der Waals surface area contributed by atoms with E-state index in [0.717, 1.165) is 17.0 Å². The molecule has 1 atom stereocenters. The number of anilines is 1. The number of hydrogen-bond donors (Lipinski definition) is 0. The van der Waals surface area contributed by atoms with E-state index in [9.17, 15) is 9.59 Å². The van der Waals surface area contributed by atoms with Gasteiger partial charge in [-0.15, -0.1) is 0 Å². The van der Waals surface area contributed by atoms with E-state index in [1.54, 1.807) is 35.0 Å². The molecule has 2 aliphatic rings. The van der Waals surface area contributed by atoms with Crippen molar-refractivity contribution in [2.24, 2.45) is 5.92 Å². The summed E-state index contributed by atoms with van der Waals surface area (Å²) in [6, 6.07) is 12.8. The summed E-state index contributed by atoms with van der Waals surface area (Å²) in [6.45, 7) is 1.87. The number of fused-ring (bicyclic) bond motifs is 1. The third-order valence-corrected chi connectivity index (χ3v) is 5.23. The number of halogens is 1. The van der Waals surface area contributed by atoms with Gasteiger partial charge in [0.25, 0.3) is 0 Å². The van der Waals surface area contributed by atoms with Gasteiger partial charge < -0.3 is 19.3 Å². The molecule has 0 aliphatic carbocycles. The lowest BCUT2D eigenvalue weighted by Gasteiger charge is -2.23. The fraction of sp³-hybridized carbons (Fsp3) is 0.333. The molecular weight excluding hydrogens is 380 g/mol. The van der Waals surface area contributed by atoms with E-state index in [-0.39, 0.29) is 24.2 Å². The Morgan fingerprint density at radius 2 is 1.96 bits per heavy atom. The lowest BCUT2D eigenvalue weighted by atomic mass is 10.1. The van der Waals surface area contributed by atoms with Crippen LogP contribution in [0.5, 0.6) is 11.5 Å². The molecule has 6 nitrogen and oxygen atoms in total. The maximum atomic E-state index is 12.9. The number of benzene rings is 2. The van der Waals surface area contributed by atoms with E-state index < -0.39 is 0 Å². The molecule has 2 aromatic carbocycles. The molecule has 2 aromatic rings. The number of carbonyl (C=O) groups is 2. The molecule has 2 heterocycles. The van der Waals surface area contributed by atoms with E-state index in [1.165, 1.54) is 0 Å². The van der Waals surface area contributed by atoms with Crippen molar-refractivity contribution in [3.63, 3.8) is 0 Å². The molecule has 2 aliphatic heterocycles. The Hall–Kier alpha value is -2.73. The monoisotopic (exact) mass is 400 g/mol. The van der Waals surface area contributed by atoms with Gasteiger partial charge in [-0.1, -0.05) is 23.7 Å². The second-order valence-corrected chi connectivity index (χ2v) is 7.49. The summed E-state index contributed by atoms with van der Waals surface area (Å²) in [7, 11) is 1.76. The minimum atomic E-state index is -0.367. The first-order valence-corrected chi connectivity index (χ1v) is 9.58. The third-order valence-electron chi connectivity index (χ3n) is 5.00. The van der Waals surface area contributed by atoms with Gasteiger partial charge in [0, 0.05) is 37.3 Å². The minimum absolute atomic E-state index is 0.0484. The average Bonchev–Trinajstić information content (AvgIpc) is 3.09. The molecule has 7 heteroatoms. The Bertz CT molecular complexity index is 917. The van der Waals surface area contributed by atoms with E-state index in [2.05, 4.69) is 0 Å². The van der Waals surface area contributed by atoms with Crippen molar-refractivity contribution >= 4 is 29.1 Å². The van der Waals surface area contributed by atoms with Crippen LogP contribution in [0.4, 0.5) is 5.69 Å². The summed E-state index contributed by atoms with van der Waals surface area (Å²) in [5, 5.41) is 0.566. The van der Waals surface area contributed by atoms with Gasteiger partial charge in [0.2, 0.25) is 11.8 Å². The smallest absolute Gasteiger partial charge is 0.228 e. The van der Waals surface area contributed by atoms with Crippen molar-refractivity contribution in [2.75, 3.05) is 31.7 Å². The van der Waals surface area contributed by atoms with Gasteiger partial charge in [-0.3, -0.25) is 9.59 Å². The van der Waals surface area contributed by atoms with Crippen molar-refractivity contribution < 1.29 is 19.1 Å². The van der Waals surface area contributed by atoms with E-state index >= 15 is 0 Å². The summed E-state index contributed by atoms with van der Waals surface area (Å²) in [6.07, 6.45) is 0.205. The zero-order valence-corrected chi connectivity index (χ0v) is 16.3. The van der Waals surface area contributed by atoms with Crippen LogP contribution in [0.3, 0.4) is 0 Å². The van der Waals surface area contributed by atoms with Crippen molar-refractivity contribution in [2.45, 2.75) is 13.0 Å². The summed E-state index contributed by atoms with van der Waals surface area (Å²) in [5.41, 5.74) is 1.68. The van der Waals surface area contributed by atoms with Crippen LogP contribution in [0.2, 0.25) is 5.02 Å². The highest BCUT2D eigenvalue weighted by Gasteiger charge is 2.36. The first-order valence-electron chi connectivity index (χ1n) is 9.20. The van der Waals surface area contributed by atoms with E-state index in [1.807, 2.05) is 24.3 Å². The first kappa shape index (κ1) is 18.6. The first-order chi connectivity index (χ1) is 13.5. The molecule has 4 rings (SSSR count). The Balaban J connectivity index is 1.42. The second-order valence-electron chi connectivity index (χ2n) is 7.06. The molecule has 1 saturated heterocycles. The Kier molecular flexibility index (Phi) is 5.13. The third kappa shape index (κ3) is 3.78. The van der Waals surface area contributed by atoms with Gasteiger partial charge in [-0.2, -0.15) is 0 Å². The van der Waals surface area contributed by atoms with Crippen molar-refractivity contribution in [3.05, 3.63) is 53.1 Å². The number of carbonyl (C=O) groups excluding carboxylic acids is 2. The minimum Gasteiger partial charge on any atom is -0.486 e. The highest BCUT2D eigenvalue weighted by atomic mass is 35.5. The number of amides is 2. The van der Waals surface area contributed by atoms with Gasteiger partial charge in [0.1, 0.15) is 13.2 Å². The number of nitrogens with zero attached hydrogens (tertiary/aromatic N) is 2. The van der Waals surface area contributed by atoms with Gasteiger partial charge >= 0.3 is 0 Å². The van der Waals surface area contributed by atoms with Crippen LogP contribution >= 0.6 is 11.6 Å². The van der Waals surface area contributed by atoms with Gasteiger partial charge in [0.05, 0.1) is 5.92 Å². The van der Waals surface area contributed by atoms with Crippen molar-refractivity contribution in [1.29, 1.82) is 0 Å². The Labute approximate surface area is 168 Å². The molecular formula is C21H21ClN2O4. The zero-order valence-electron chi connectivity index (χ0n) is 15.6. The van der Waals surface area contributed by atoms with Gasteiger partial charge in [-0.25, -0.2) is 0 Å². The normalized spacial score (nSPS) is 18.3. The molecule has 2 amide bonds. The van der Waals surface area contributed by atoms with Crippen LogP contribution in [0.1, 0.15) is 12.0 Å². The highest BCUT2D eigenvalue weighted by Crippen LogP contribution is 2.32. The molecule has 0 aromatic heterocycles. The Morgan fingerprint density at radius 3 is 2.75 bits per heavy atom. The molecule has 0 N–H and O–H groups in total. The predicted molar refractivity (Wildman–Crippen MR) is 106 cm³/mol. The van der Waals surface area contributed by atoms with E-state index in [0.29, 0.717) is 37.1 Å². The zero-order chi connectivity index (χ0) is 19.7. The quantitative estimate of drug-likeness (QED) is 0.791. The van der Waals surface area contributed by atoms with Crippen LogP contribution in [0, 0.1) is 5.92 Å². The number of rotatable bonds is 4. The maximum Gasteiger partial charge on any atom is 0.228 e. The molecule has 0 radical (unpaired) electrons. The van der Waals surface area contributed by atoms with Crippen LogP contribution in [-0.2, 0) is 16.1 Å². The van der Waals surface area contributed by atoms with Crippen molar-refractivity contribution in [3.8, 4) is 11.5 Å². The molecule has 146 valence electrons. The summed E-state index contributed by atoms with van der Waals surface area (Å²) in [4.78, 5) is 28.6. The Morgan fingerprint density at radius 1 is 1.18 bits per heavy atom. The number of hydrogen-bond acceptors (Lipinski definition) is 4. The lowest BCUT2D eigenvalue weighted by Crippen LogP contribution is -2.34. The topological polar surface area (TPSA) is 59.1 Å². The molecule has 1 fully saturated rings. The summed E-state index contributed by atoms with van der Waals surface area (Å²) < 4.78 is 11.1. The summed E-state index contributed by atoms with van der Waals surface area (Å²) >= 11 is 6.03. The maximum absolute atomic E-state index is 12.9. The molecule has 28 heavy (non-hydrogen) atoms. The van der Waals surface area contributed by atoms with Crippen LogP contribution in [-0.4, -0.2) is 43.5 Å². The molecule has 1 unspecified atom stereocenters. The fourth-order valence-electron chi connectivity index (χ4n) is 3.62. The van der Waals surface area contributed by atoms with E-state index in [4.69, 9.17) is 21.1 Å². The van der Waals surface area contributed by atoms with Crippen LogP contribution < -0.4 is 14.4 Å². The number of ether oxygens (including phenoxy) is 2. The summed E-state index contributed by atoms with van der Waals surface area (Å²) in [5.74, 6) is 0.949. The predicted octanol–water partition coefficient (Wildman–Crippen LogP) is 3.12. The standard InChI is InChI=1S/C21H21ClN2O4/c1-23(12-14-5-6-18-19(9-14)28-8-7-27-18)21(26)15-10-20(25)24(13-15)17-4-2-3-16(22)11-17/h2-6,9,11,15H,7-8,10,12-13H2,1H3. The van der Waals surface area contributed by atoms with Gasteiger partial charge in [0.15, 0.2) is 11.5 Å². The molecule has 0 saturated carbocycles. The molecule has 0 bridgehead atoms. The second kappa shape index (κ2) is 7.72. The fourth-order valence-corrected chi connectivity index (χ4v) is 3.80. The van der Waals surface area contributed by atoms with Crippen LogP contribution in [0.25, 0.3) is 0 Å². The highest BCUT2D eigenvalue weighted by molar-refractivity contribution is 6.31. The SMILES string of the molecule is CN(Cc1ccc2c(c1)OCCO2)C(=O)C1CC(=O)N(c2cccc(Cl)c2)C1. The average molecular weight is 401 g/mol. The van der Waals surface area contributed by atoms with Gasteiger partial charge in [-0.05, 0) is 35.9 Å². The van der Waals surface area contributed by atoms with Crippen LogP contribution in [0.15, 0.2) is 42.5 Å². The molecule has 0 spiro atoms.